The lowest BCUT2D eigenvalue weighted by atomic mass is 9.98. The van der Waals surface area contributed by atoms with Gasteiger partial charge in [-0.25, -0.2) is 0 Å². The van der Waals surface area contributed by atoms with Crippen LogP contribution in [0.2, 0.25) is 0 Å². The molecule has 0 aromatic rings. The second kappa shape index (κ2) is 7.55. The highest BCUT2D eigenvalue weighted by Crippen LogP contribution is 2.18. The Morgan fingerprint density at radius 2 is 1.60 bits per heavy atom. The molecular weight excluding hydrogens is 192 g/mol. The first kappa shape index (κ1) is 10.4. The van der Waals surface area contributed by atoms with E-state index in [4.69, 9.17) is 4.74 Å². The molecule has 0 saturated heterocycles. The highest BCUT2D eigenvalue weighted by molar-refractivity contribution is 9.08. The SMILES string of the molecule is CBr.COC1CCCCC1. The molecule has 1 saturated carbocycles. The van der Waals surface area contributed by atoms with Gasteiger partial charge in [-0.2, -0.15) is 0 Å². The molecule has 0 atom stereocenters. The molecule has 1 aliphatic rings. The maximum absolute atomic E-state index is 5.19. The Kier molecular flexibility index (Phi) is 7.88. The summed E-state index contributed by atoms with van der Waals surface area (Å²) in [6.07, 6.45) is 7.33. The minimum absolute atomic E-state index is 0.587. The van der Waals surface area contributed by atoms with E-state index in [1.807, 2.05) is 12.9 Å². The molecule has 0 radical (unpaired) electrons. The van der Waals surface area contributed by atoms with Crippen LogP contribution in [0.5, 0.6) is 0 Å². The zero-order valence-electron chi connectivity index (χ0n) is 6.90. The Morgan fingerprint density at radius 1 is 1.10 bits per heavy atom. The van der Waals surface area contributed by atoms with E-state index in [0.29, 0.717) is 6.10 Å². The van der Waals surface area contributed by atoms with E-state index < -0.39 is 0 Å². The maximum Gasteiger partial charge on any atom is 0.0571 e. The Balaban J connectivity index is 0.000000371. The fourth-order valence-electron chi connectivity index (χ4n) is 1.30. The van der Waals surface area contributed by atoms with Crippen LogP contribution in [0.15, 0.2) is 0 Å². The molecule has 1 rings (SSSR count). The van der Waals surface area contributed by atoms with Crippen molar-refractivity contribution < 1.29 is 4.74 Å². The van der Waals surface area contributed by atoms with Crippen LogP contribution in [-0.4, -0.2) is 19.0 Å². The predicted octanol–water partition coefficient (Wildman–Crippen LogP) is 2.98. The number of alkyl halides is 1. The van der Waals surface area contributed by atoms with E-state index in [-0.39, 0.29) is 0 Å². The van der Waals surface area contributed by atoms with Crippen LogP contribution >= 0.6 is 15.9 Å². The van der Waals surface area contributed by atoms with Crippen molar-refractivity contribution in [1.29, 1.82) is 0 Å². The summed E-state index contributed by atoms with van der Waals surface area (Å²) in [4.78, 5) is 0. The van der Waals surface area contributed by atoms with Gasteiger partial charge in [0.05, 0.1) is 6.10 Å². The molecule has 0 amide bonds. The van der Waals surface area contributed by atoms with Crippen LogP contribution in [0.3, 0.4) is 0 Å². The Labute approximate surface area is 72.3 Å². The molecule has 0 aromatic heterocycles. The molecule has 0 spiro atoms. The summed E-state index contributed by atoms with van der Waals surface area (Å²) in [5.41, 5.74) is 0. The van der Waals surface area contributed by atoms with Crippen LogP contribution in [-0.2, 0) is 4.74 Å². The second-order valence-electron chi connectivity index (χ2n) is 2.50. The highest BCUT2D eigenvalue weighted by Gasteiger charge is 2.10. The Bertz CT molecular complexity index is 60.3. The van der Waals surface area contributed by atoms with E-state index >= 15 is 0 Å². The number of ether oxygens (including phenoxy) is 1. The summed E-state index contributed by atoms with van der Waals surface area (Å²) in [7, 11) is 1.82. The zero-order valence-corrected chi connectivity index (χ0v) is 8.49. The van der Waals surface area contributed by atoms with Gasteiger partial charge in [-0.1, -0.05) is 35.2 Å². The van der Waals surface area contributed by atoms with Gasteiger partial charge >= 0.3 is 0 Å². The van der Waals surface area contributed by atoms with Gasteiger partial charge in [0.1, 0.15) is 0 Å². The van der Waals surface area contributed by atoms with Gasteiger partial charge in [-0.15, -0.1) is 0 Å². The summed E-state index contributed by atoms with van der Waals surface area (Å²) in [5.74, 6) is 1.81. The van der Waals surface area contributed by atoms with Gasteiger partial charge in [-0.3, -0.25) is 0 Å². The molecule has 0 aromatic carbocycles. The predicted molar refractivity (Wildman–Crippen MR) is 48.7 cm³/mol. The summed E-state index contributed by atoms with van der Waals surface area (Å²) < 4.78 is 5.19. The average molecular weight is 209 g/mol. The lowest BCUT2D eigenvalue weighted by molar-refractivity contribution is 0.0710. The largest absolute Gasteiger partial charge is 0.381 e. The number of hydrogen-bond acceptors (Lipinski definition) is 1. The first-order valence-electron chi connectivity index (χ1n) is 3.84. The molecule has 1 nitrogen and oxygen atoms in total. The van der Waals surface area contributed by atoms with E-state index in [9.17, 15) is 0 Å². The van der Waals surface area contributed by atoms with Gasteiger partial charge in [0.25, 0.3) is 0 Å². The summed E-state index contributed by atoms with van der Waals surface area (Å²) in [5, 5.41) is 0. The Morgan fingerprint density at radius 3 is 1.90 bits per heavy atom. The van der Waals surface area contributed by atoms with Crippen LogP contribution in [0.1, 0.15) is 32.1 Å². The van der Waals surface area contributed by atoms with E-state index in [1.54, 1.807) is 0 Å². The fraction of sp³-hybridized carbons (Fsp3) is 1.00. The minimum Gasteiger partial charge on any atom is -0.381 e. The smallest absolute Gasteiger partial charge is 0.0571 e. The van der Waals surface area contributed by atoms with Crippen molar-refractivity contribution in [3.05, 3.63) is 0 Å². The molecule has 62 valence electrons. The van der Waals surface area contributed by atoms with Crippen molar-refractivity contribution in [2.24, 2.45) is 0 Å². The van der Waals surface area contributed by atoms with Gasteiger partial charge in [0.15, 0.2) is 0 Å². The van der Waals surface area contributed by atoms with E-state index in [0.717, 1.165) is 0 Å². The van der Waals surface area contributed by atoms with Crippen LogP contribution in [0.25, 0.3) is 0 Å². The highest BCUT2D eigenvalue weighted by atomic mass is 79.9. The fourth-order valence-corrected chi connectivity index (χ4v) is 1.30. The zero-order chi connectivity index (χ0) is 7.82. The molecule has 0 unspecified atom stereocenters. The number of halogens is 1. The molecular formula is C8H17BrO. The first-order chi connectivity index (χ1) is 4.93. The van der Waals surface area contributed by atoms with Gasteiger partial charge < -0.3 is 4.74 Å². The third-order valence-electron chi connectivity index (χ3n) is 1.89. The first-order valence-corrected chi connectivity index (χ1v) is 5.42. The summed E-state index contributed by atoms with van der Waals surface area (Å²) >= 11 is 2.94. The number of methoxy groups -OCH3 is 1. The van der Waals surface area contributed by atoms with Crippen molar-refractivity contribution in [2.45, 2.75) is 38.2 Å². The normalized spacial score (nSPS) is 19.5. The minimum atomic E-state index is 0.587. The lowest BCUT2D eigenvalue weighted by Gasteiger charge is -2.19. The van der Waals surface area contributed by atoms with Crippen molar-refractivity contribution in [1.82, 2.24) is 0 Å². The van der Waals surface area contributed by atoms with Crippen LogP contribution in [0, 0.1) is 0 Å². The van der Waals surface area contributed by atoms with Crippen molar-refractivity contribution in [3.8, 4) is 0 Å². The molecule has 0 aliphatic heterocycles. The van der Waals surface area contributed by atoms with Gasteiger partial charge in [0, 0.05) is 7.11 Å². The molecule has 10 heavy (non-hydrogen) atoms. The molecule has 0 bridgehead atoms. The quantitative estimate of drug-likeness (QED) is 0.603. The lowest BCUT2D eigenvalue weighted by Crippen LogP contribution is -2.13. The third kappa shape index (κ3) is 4.29. The van der Waals surface area contributed by atoms with Crippen molar-refractivity contribution >= 4 is 15.9 Å². The standard InChI is InChI=1S/C7H14O.CH3Br/c1-8-7-5-3-2-4-6-7;1-2/h7H,2-6H2,1H3;1H3. The summed E-state index contributed by atoms with van der Waals surface area (Å²) in [6.45, 7) is 0. The Hall–Kier alpha value is 0.440. The van der Waals surface area contributed by atoms with Crippen molar-refractivity contribution in [2.75, 3.05) is 12.9 Å². The topological polar surface area (TPSA) is 9.23 Å². The molecule has 1 aliphatic carbocycles. The molecule has 0 heterocycles. The van der Waals surface area contributed by atoms with Gasteiger partial charge in [-0.05, 0) is 18.7 Å². The average Bonchev–Trinajstić information content (AvgIpc) is 2.10. The van der Waals surface area contributed by atoms with Crippen molar-refractivity contribution in [3.63, 3.8) is 0 Å². The molecule has 1 fully saturated rings. The van der Waals surface area contributed by atoms with Crippen LogP contribution in [0.4, 0.5) is 0 Å². The maximum atomic E-state index is 5.19. The van der Waals surface area contributed by atoms with Crippen LogP contribution < -0.4 is 0 Å². The number of hydrogen-bond donors (Lipinski definition) is 0. The van der Waals surface area contributed by atoms with E-state index in [2.05, 4.69) is 15.9 Å². The van der Waals surface area contributed by atoms with E-state index in [1.165, 1.54) is 32.1 Å². The van der Waals surface area contributed by atoms with Gasteiger partial charge in [0.2, 0.25) is 0 Å². The third-order valence-corrected chi connectivity index (χ3v) is 1.89. The number of rotatable bonds is 1. The monoisotopic (exact) mass is 208 g/mol. The summed E-state index contributed by atoms with van der Waals surface area (Å²) in [6, 6.07) is 0. The molecule has 2 heteroatoms. The second-order valence-corrected chi connectivity index (χ2v) is 2.50. The molecule has 0 N–H and O–H groups in total.